The SMILES string of the molecule is CCC(OC(=O)c1ccc(F)cc1F)C(=O)Nc1cc(C)on1. The third-order valence-corrected chi connectivity index (χ3v) is 2.94. The Labute approximate surface area is 130 Å². The van der Waals surface area contributed by atoms with Gasteiger partial charge in [-0.15, -0.1) is 0 Å². The number of aryl methyl sites for hydroxylation is 1. The molecule has 0 aliphatic rings. The summed E-state index contributed by atoms with van der Waals surface area (Å²) in [5.41, 5.74) is -0.449. The van der Waals surface area contributed by atoms with E-state index < -0.39 is 35.2 Å². The lowest BCUT2D eigenvalue weighted by atomic mass is 10.2. The minimum atomic E-state index is -1.15. The number of hydrogen-bond donors (Lipinski definition) is 1. The van der Waals surface area contributed by atoms with Crippen molar-refractivity contribution >= 4 is 17.7 Å². The summed E-state index contributed by atoms with van der Waals surface area (Å²) in [6.07, 6.45) is -0.985. The van der Waals surface area contributed by atoms with Crippen LogP contribution in [0, 0.1) is 18.6 Å². The maximum atomic E-state index is 13.5. The van der Waals surface area contributed by atoms with E-state index in [2.05, 4.69) is 10.5 Å². The van der Waals surface area contributed by atoms with Crippen LogP contribution in [0.1, 0.15) is 29.5 Å². The molecule has 0 bridgehead atoms. The lowest BCUT2D eigenvalue weighted by Gasteiger charge is -2.15. The third-order valence-electron chi connectivity index (χ3n) is 2.94. The van der Waals surface area contributed by atoms with Crippen molar-refractivity contribution in [3.63, 3.8) is 0 Å². The van der Waals surface area contributed by atoms with Gasteiger partial charge in [0.2, 0.25) is 0 Å². The topological polar surface area (TPSA) is 81.4 Å². The van der Waals surface area contributed by atoms with Gasteiger partial charge in [0, 0.05) is 12.1 Å². The molecule has 1 unspecified atom stereocenters. The lowest BCUT2D eigenvalue weighted by molar-refractivity contribution is -0.124. The summed E-state index contributed by atoms with van der Waals surface area (Å²) < 4.78 is 36.2. The van der Waals surface area contributed by atoms with Gasteiger partial charge in [-0.2, -0.15) is 0 Å². The average molecular weight is 324 g/mol. The van der Waals surface area contributed by atoms with E-state index in [0.717, 1.165) is 12.1 Å². The van der Waals surface area contributed by atoms with Gasteiger partial charge in [0.05, 0.1) is 5.56 Å². The highest BCUT2D eigenvalue weighted by Gasteiger charge is 2.24. The number of carbonyl (C=O) groups excluding carboxylic acids is 2. The molecule has 0 fully saturated rings. The Morgan fingerprint density at radius 1 is 1.35 bits per heavy atom. The second-order valence-corrected chi connectivity index (χ2v) is 4.74. The fourth-order valence-corrected chi connectivity index (χ4v) is 1.80. The number of amides is 1. The number of carbonyl (C=O) groups is 2. The van der Waals surface area contributed by atoms with Crippen molar-refractivity contribution in [1.82, 2.24) is 5.16 Å². The van der Waals surface area contributed by atoms with Crippen molar-refractivity contribution in [2.45, 2.75) is 26.4 Å². The number of benzene rings is 1. The van der Waals surface area contributed by atoms with Crippen LogP contribution in [0.2, 0.25) is 0 Å². The quantitative estimate of drug-likeness (QED) is 0.855. The van der Waals surface area contributed by atoms with Crippen molar-refractivity contribution < 1.29 is 27.6 Å². The van der Waals surface area contributed by atoms with Crippen LogP contribution in [-0.2, 0) is 9.53 Å². The molecular formula is C15H14F2N2O4. The Bertz CT molecular complexity index is 730. The summed E-state index contributed by atoms with van der Waals surface area (Å²) in [6, 6.07) is 3.94. The van der Waals surface area contributed by atoms with E-state index >= 15 is 0 Å². The zero-order valence-electron chi connectivity index (χ0n) is 12.4. The number of esters is 1. The maximum Gasteiger partial charge on any atom is 0.341 e. The van der Waals surface area contributed by atoms with Gasteiger partial charge in [0.1, 0.15) is 17.4 Å². The number of halogens is 2. The Morgan fingerprint density at radius 3 is 2.65 bits per heavy atom. The summed E-state index contributed by atoms with van der Waals surface area (Å²) in [6.45, 7) is 3.27. The first-order valence-electron chi connectivity index (χ1n) is 6.81. The summed E-state index contributed by atoms with van der Waals surface area (Å²) >= 11 is 0. The van der Waals surface area contributed by atoms with Crippen LogP contribution in [0.3, 0.4) is 0 Å². The summed E-state index contributed by atoms with van der Waals surface area (Å²) in [5, 5.41) is 6.00. The zero-order chi connectivity index (χ0) is 17.0. The molecule has 1 N–H and O–H groups in total. The molecule has 1 atom stereocenters. The highest BCUT2D eigenvalue weighted by molar-refractivity contribution is 5.97. The molecule has 1 heterocycles. The highest BCUT2D eigenvalue weighted by Crippen LogP contribution is 2.14. The fourth-order valence-electron chi connectivity index (χ4n) is 1.80. The summed E-state index contributed by atoms with van der Waals surface area (Å²) in [5.74, 6) is -2.88. The van der Waals surface area contributed by atoms with Crippen LogP contribution < -0.4 is 5.32 Å². The standard InChI is InChI=1S/C15H14F2N2O4/c1-3-12(14(20)18-13-6-8(2)23-19-13)22-15(21)10-5-4-9(16)7-11(10)17/h4-7,12H,3H2,1-2H3,(H,18,19,20). The second-order valence-electron chi connectivity index (χ2n) is 4.74. The number of hydrogen-bond acceptors (Lipinski definition) is 5. The molecule has 1 amide bonds. The largest absolute Gasteiger partial charge is 0.449 e. The summed E-state index contributed by atoms with van der Waals surface area (Å²) in [7, 11) is 0. The van der Waals surface area contributed by atoms with Crippen LogP contribution in [0.5, 0.6) is 0 Å². The molecule has 0 aliphatic carbocycles. The summed E-state index contributed by atoms with van der Waals surface area (Å²) in [4.78, 5) is 23.9. The monoisotopic (exact) mass is 324 g/mol. The van der Waals surface area contributed by atoms with Gasteiger partial charge in [0.15, 0.2) is 11.9 Å². The van der Waals surface area contributed by atoms with E-state index in [-0.39, 0.29) is 12.2 Å². The van der Waals surface area contributed by atoms with Gasteiger partial charge in [-0.1, -0.05) is 12.1 Å². The molecule has 2 rings (SSSR count). The number of nitrogens with zero attached hydrogens (tertiary/aromatic N) is 1. The van der Waals surface area contributed by atoms with E-state index in [1.165, 1.54) is 6.07 Å². The zero-order valence-corrected chi connectivity index (χ0v) is 12.4. The molecule has 6 nitrogen and oxygen atoms in total. The average Bonchev–Trinajstić information content (AvgIpc) is 2.89. The molecule has 0 aliphatic heterocycles. The predicted molar refractivity (Wildman–Crippen MR) is 75.7 cm³/mol. The number of ether oxygens (including phenoxy) is 1. The molecule has 0 saturated heterocycles. The number of rotatable bonds is 5. The molecule has 2 aromatic rings. The van der Waals surface area contributed by atoms with Crippen LogP contribution >= 0.6 is 0 Å². The second kappa shape index (κ2) is 6.99. The van der Waals surface area contributed by atoms with Gasteiger partial charge < -0.3 is 14.6 Å². The highest BCUT2D eigenvalue weighted by atomic mass is 19.1. The van der Waals surface area contributed by atoms with E-state index in [0.29, 0.717) is 11.8 Å². The van der Waals surface area contributed by atoms with Gasteiger partial charge >= 0.3 is 5.97 Å². The Kier molecular flexibility index (Phi) is 5.05. The molecule has 8 heteroatoms. The van der Waals surface area contributed by atoms with Crippen molar-refractivity contribution in [3.05, 3.63) is 47.2 Å². The van der Waals surface area contributed by atoms with Crippen LogP contribution in [0.25, 0.3) is 0 Å². The van der Waals surface area contributed by atoms with Crippen molar-refractivity contribution in [1.29, 1.82) is 0 Å². The molecule has 0 saturated carbocycles. The fraction of sp³-hybridized carbons (Fsp3) is 0.267. The van der Waals surface area contributed by atoms with Crippen molar-refractivity contribution in [2.24, 2.45) is 0 Å². The van der Waals surface area contributed by atoms with Gasteiger partial charge in [-0.05, 0) is 25.5 Å². The molecule has 0 spiro atoms. The van der Waals surface area contributed by atoms with Crippen molar-refractivity contribution in [3.8, 4) is 0 Å². The van der Waals surface area contributed by atoms with Crippen LogP contribution in [-0.4, -0.2) is 23.1 Å². The van der Waals surface area contributed by atoms with Crippen LogP contribution in [0.4, 0.5) is 14.6 Å². The lowest BCUT2D eigenvalue weighted by Crippen LogP contribution is -2.32. The van der Waals surface area contributed by atoms with E-state index in [9.17, 15) is 18.4 Å². The predicted octanol–water partition coefficient (Wildman–Crippen LogP) is 2.84. The van der Waals surface area contributed by atoms with Gasteiger partial charge in [-0.3, -0.25) is 4.79 Å². The molecule has 1 aromatic carbocycles. The minimum Gasteiger partial charge on any atom is -0.449 e. The smallest absolute Gasteiger partial charge is 0.341 e. The Balaban J connectivity index is 2.05. The molecule has 23 heavy (non-hydrogen) atoms. The van der Waals surface area contributed by atoms with Gasteiger partial charge in [0.25, 0.3) is 5.91 Å². The Hall–Kier alpha value is -2.77. The van der Waals surface area contributed by atoms with Crippen molar-refractivity contribution in [2.75, 3.05) is 5.32 Å². The minimum absolute atomic E-state index is 0.164. The van der Waals surface area contributed by atoms with E-state index in [1.54, 1.807) is 13.8 Å². The maximum absolute atomic E-state index is 13.5. The number of anilines is 1. The molecular weight excluding hydrogens is 310 g/mol. The Morgan fingerprint density at radius 2 is 2.09 bits per heavy atom. The molecule has 122 valence electrons. The molecule has 0 radical (unpaired) electrons. The molecule has 1 aromatic heterocycles. The first-order chi connectivity index (χ1) is 10.9. The van der Waals surface area contributed by atoms with Crippen LogP contribution in [0.15, 0.2) is 28.8 Å². The van der Waals surface area contributed by atoms with Gasteiger partial charge in [-0.25, -0.2) is 13.6 Å². The number of aromatic nitrogens is 1. The first-order valence-corrected chi connectivity index (χ1v) is 6.81. The number of nitrogens with one attached hydrogen (secondary N) is 1. The first kappa shape index (κ1) is 16.6. The third kappa shape index (κ3) is 4.12. The van der Waals surface area contributed by atoms with E-state index in [4.69, 9.17) is 9.26 Å². The normalized spacial score (nSPS) is 11.8. The van der Waals surface area contributed by atoms with E-state index in [1.807, 2.05) is 0 Å².